The van der Waals surface area contributed by atoms with E-state index in [2.05, 4.69) is 10.3 Å². The predicted octanol–water partition coefficient (Wildman–Crippen LogP) is 4.25. The highest BCUT2D eigenvalue weighted by Gasteiger charge is 2.14. The van der Waals surface area contributed by atoms with Crippen molar-refractivity contribution in [3.63, 3.8) is 0 Å². The lowest BCUT2D eigenvalue weighted by atomic mass is 10.2. The number of hydrogen-bond acceptors (Lipinski definition) is 4. The normalized spacial score (nSPS) is 10.4. The molecule has 1 aromatic heterocycles. The number of carbonyl (C=O) groups is 1. The van der Waals surface area contributed by atoms with Crippen LogP contribution in [0.15, 0.2) is 53.4 Å². The molecular weight excluding hydrogens is 334 g/mol. The Balaban J connectivity index is 1.72. The molecule has 4 nitrogen and oxygen atoms in total. The van der Waals surface area contributed by atoms with Gasteiger partial charge in [0.2, 0.25) is 0 Å². The maximum Gasteiger partial charge on any atom is 0.255 e. The van der Waals surface area contributed by atoms with Crippen molar-refractivity contribution in [2.75, 3.05) is 5.32 Å². The molecular formula is C17H12F2N2O2S. The first-order valence-corrected chi connectivity index (χ1v) is 7.93. The molecule has 0 saturated heterocycles. The number of carbonyl (C=O) groups excluding carboxylic acids is 1. The number of hydrogen-bond donors (Lipinski definition) is 1. The maximum absolute atomic E-state index is 13.6. The average Bonchev–Trinajstić information content (AvgIpc) is 3.10. The van der Waals surface area contributed by atoms with Crippen molar-refractivity contribution < 1.29 is 18.3 Å². The number of nitrogens with one attached hydrogen (secondary N) is 1. The summed E-state index contributed by atoms with van der Waals surface area (Å²) in [4.78, 5) is 16.3. The van der Waals surface area contributed by atoms with Gasteiger partial charge in [0.25, 0.3) is 5.91 Å². The third-order valence-electron chi connectivity index (χ3n) is 3.17. The molecule has 0 aliphatic heterocycles. The molecule has 2 aromatic carbocycles. The zero-order chi connectivity index (χ0) is 16.9. The Bertz CT molecular complexity index is 833. The minimum Gasteiger partial charge on any atom is -0.487 e. The fraction of sp³-hybridized carbons (Fsp3) is 0.0588. The first-order chi connectivity index (χ1) is 11.6. The average molecular weight is 346 g/mol. The molecule has 3 rings (SSSR count). The summed E-state index contributed by atoms with van der Waals surface area (Å²) in [6.07, 6.45) is 0. The number of benzene rings is 2. The number of halogens is 2. The van der Waals surface area contributed by atoms with Crippen LogP contribution in [-0.4, -0.2) is 10.9 Å². The quantitative estimate of drug-likeness (QED) is 0.751. The lowest BCUT2D eigenvalue weighted by Gasteiger charge is -2.09. The molecule has 24 heavy (non-hydrogen) atoms. The maximum atomic E-state index is 13.6. The van der Waals surface area contributed by atoms with Crippen LogP contribution in [0, 0.1) is 11.6 Å². The van der Waals surface area contributed by atoms with Crippen LogP contribution in [0.3, 0.4) is 0 Å². The van der Waals surface area contributed by atoms with Gasteiger partial charge in [0, 0.05) is 10.9 Å². The van der Waals surface area contributed by atoms with Gasteiger partial charge >= 0.3 is 0 Å². The van der Waals surface area contributed by atoms with Crippen molar-refractivity contribution in [3.05, 3.63) is 76.2 Å². The SMILES string of the molecule is O=C(Nc1c(F)cccc1F)c1cccc(OCc2cscn2)c1. The molecule has 122 valence electrons. The number of nitrogens with zero attached hydrogens (tertiary/aromatic N) is 1. The minimum absolute atomic E-state index is 0.230. The van der Waals surface area contributed by atoms with Crippen molar-refractivity contribution in [1.82, 2.24) is 4.98 Å². The van der Waals surface area contributed by atoms with E-state index in [4.69, 9.17) is 4.74 Å². The number of ether oxygens (including phenoxy) is 1. The summed E-state index contributed by atoms with van der Waals surface area (Å²) in [5.41, 5.74) is 2.24. The van der Waals surface area contributed by atoms with Crippen LogP contribution in [0.2, 0.25) is 0 Å². The van der Waals surface area contributed by atoms with Crippen LogP contribution >= 0.6 is 11.3 Å². The minimum atomic E-state index is -0.834. The Morgan fingerprint density at radius 1 is 1.17 bits per heavy atom. The van der Waals surface area contributed by atoms with Gasteiger partial charge in [0.1, 0.15) is 29.7 Å². The van der Waals surface area contributed by atoms with Crippen molar-refractivity contribution in [2.24, 2.45) is 0 Å². The molecule has 0 fully saturated rings. The molecule has 0 aliphatic rings. The number of rotatable bonds is 5. The lowest BCUT2D eigenvalue weighted by molar-refractivity contribution is 0.102. The van der Waals surface area contributed by atoms with E-state index >= 15 is 0 Å². The summed E-state index contributed by atoms with van der Waals surface area (Å²) in [7, 11) is 0. The Labute approximate surface area is 140 Å². The third-order valence-corrected chi connectivity index (χ3v) is 3.80. The molecule has 7 heteroatoms. The molecule has 1 heterocycles. The second-order valence-corrected chi connectivity index (χ2v) is 5.57. The van der Waals surface area contributed by atoms with E-state index < -0.39 is 23.2 Å². The molecule has 0 radical (unpaired) electrons. The van der Waals surface area contributed by atoms with Crippen molar-refractivity contribution >= 4 is 22.9 Å². The number of para-hydroxylation sites is 1. The second kappa shape index (κ2) is 7.18. The fourth-order valence-electron chi connectivity index (χ4n) is 2.00. The summed E-state index contributed by atoms with van der Waals surface area (Å²) in [5, 5.41) is 4.10. The Hall–Kier alpha value is -2.80. The predicted molar refractivity (Wildman–Crippen MR) is 87.2 cm³/mol. The molecule has 0 aliphatic carbocycles. The fourth-order valence-corrected chi connectivity index (χ4v) is 2.54. The highest BCUT2D eigenvalue weighted by Crippen LogP contribution is 2.20. The van der Waals surface area contributed by atoms with E-state index in [0.717, 1.165) is 17.8 Å². The molecule has 0 spiro atoms. The molecule has 1 amide bonds. The van der Waals surface area contributed by atoms with E-state index in [1.54, 1.807) is 17.6 Å². The first kappa shape index (κ1) is 16.1. The van der Waals surface area contributed by atoms with E-state index in [1.807, 2.05) is 5.38 Å². The van der Waals surface area contributed by atoms with E-state index in [1.165, 1.54) is 29.5 Å². The monoisotopic (exact) mass is 346 g/mol. The van der Waals surface area contributed by atoms with Crippen molar-refractivity contribution in [2.45, 2.75) is 6.61 Å². The van der Waals surface area contributed by atoms with Gasteiger partial charge in [-0.05, 0) is 30.3 Å². The van der Waals surface area contributed by atoms with Crippen LogP contribution < -0.4 is 10.1 Å². The van der Waals surface area contributed by atoms with Gasteiger partial charge in [-0.1, -0.05) is 12.1 Å². The number of thiazole rings is 1. The van der Waals surface area contributed by atoms with E-state index in [0.29, 0.717) is 5.75 Å². The van der Waals surface area contributed by atoms with Gasteiger partial charge in [-0.3, -0.25) is 4.79 Å². The second-order valence-electron chi connectivity index (χ2n) is 4.85. The molecule has 0 saturated carbocycles. The molecule has 3 aromatic rings. The summed E-state index contributed by atoms with van der Waals surface area (Å²) in [5.74, 6) is -1.83. The summed E-state index contributed by atoms with van der Waals surface area (Å²) in [6.45, 7) is 0.274. The zero-order valence-electron chi connectivity index (χ0n) is 12.3. The van der Waals surface area contributed by atoms with E-state index in [-0.39, 0.29) is 12.2 Å². The van der Waals surface area contributed by atoms with Crippen molar-refractivity contribution in [1.29, 1.82) is 0 Å². The Morgan fingerprint density at radius 2 is 1.92 bits per heavy atom. The van der Waals surface area contributed by atoms with Gasteiger partial charge in [-0.25, -0.2) is 13.8 Å². The van der Waals surface area contributed by atoms with E-state index in [9.17, 15) is 13.6 Å². The van der Waals surface area contributed by atoms with Gasteiger partial charge < -0.3 is 10.1 Å². The standard InChI is InChI=1S/C17H12F2N2O2S/c18-14-5-2-6-15(19)16(14)21-17(22)11-3-1-4-13(7-11)23-8-12-9-24-10-20-12/h1-7,9-10H,8H2,(H,21,22). The van der Waals surface area contributed by atoms with Gasteiger partial charge in [-0.2, -0.15) is 0 Å². The van der Waals surface area contributed by atoms with Crippen molar-refractivity contribution in [3.8, 4) is 5.75 Å². The Morgan fingerprint density at radius 3 is 2.62 bits per heavy atom. The first-order valence-electron chi connectivity index (χ1n) is 6.99. The van der Waals surface area contributed by atoms with Crippen LogP contribution in [0.4, 0.5) is 14.5 Å². The molecule has 1 N–H and O–H groups in total. The van der Waals surface area contributed by atoms with Gasteiger partial charge in [-0.15, -0.1) is 11.3 Å². The summed E-state index contributed by atoms with van der Waals surface area (Å²) < 4.78 is 32.8. The smallest absolute Gasteiger partial charge is 0.255 e. The van der Waals surface area contributed by atoms with Gasteiger partial charge in [0.05, 0.1) is 11.2 Å². The Kier molecular flexibility index (Phi) is 4.81. The number of aromatic nitrogens is 1. The van der Waals surface area contributed by atoms with Crippen LogP contribution in [-0.2, 0) is 6.61 Å². The topological polar surface area (TPSA) is 51.2 Å². The lowest BCUT2D eigenvalue weighted by Crippen LogP contribution is -2.14. The van der Waals surface area contributed by atoms with Crippen LogP contribution in [0.25, 0.3) is 0 Å². The number of amides is 1. The zero-order valence-corrected chi connectivity index (χ0v) is 13.1. The largest absolute Gasteiger partial charge is 0.487 e. The molecule has 0 atom stereocenters. The third kappa shape index (κ3) is 3.75. The number of anilines is 1. The molecule has 0 unspecified atom stereocenters. The highest BCUT2D eigenvalue weighted by atomic mass is 32.1. The molecule has 0 bridgehead atoms. The van der Waals surface area contributed by atoms with Crippen LogP contribution in [0.5, 0.6) is 5.75 Å². The summed E-state index contributed by atoms with van der Waals surface area (Å²) >= 11 is 1.46. The highest BCUT2D eigenvalue weighted by molar-refractivity contribution is 7.07. The summed E-state index contributed by atoms with van der Waals surface area (Å²) in [6, 6.07) is 9.73. The van der Waals surface area contributed by atoms with Gasteiger partial charge in [0.15, 0.2) is 0 Å². The van der Waals surface area contributed by atoms with Crippen LogP contribution in [0.1, 0.15) is 16.1 Å².